The molecule has 0 saturated heterocycles. The van der Waals surface area contributed by atoms with E-state index in [0.717, 1.165) is 0 Å². The maximum atomic E-state index is 8.73. The van der Waals surface area contributed by atoms with E-state index in [2.05, 4.69) is 11.8 Å². The van der Waals surface area contributed by atoms with Crippen molar-refractivity contribution in [1.82, 2.24) is 0 Å². The number of aliphatic hydroxyl groups is 1. The van der Waals surface area contributed by atoms with E-state index in [9.17, 15) is 0 Å². The Hall–Kier alpha value is -1.70. The van der Waals surface area contributed by atoms with Crippen LogP contribution in [0.2, 0.25) is 0 Å². The molecule has 0 radical (unpaired) electrons. The Labute approximate surface area is 107 Å². The van der Waals surface area contributed by atoms with Gasteiger partial charge in [-0.2, -0.15) is 0 Å². The quantitative estimate of drug-likeness (QED) is 0.613. The van der Waals surface area contributed by atoms with Gasteiger partial charge >= 0.3 is 0 Å². The molecule has 0 fully saturated rings. The van der Waals surface area contributed by atoms with Crippen LogP contribution in [0.5, 0.6) is 11.5 Å². The van der Waals surface area contributed by atoms with Crippen LogP contribution in [0.4, 0.5) is 0 Å². The van der Waals surface area contributed by atoms with Gasteiger partial charge in [0, 0.05) is 6.61 Å². The van der Waals surface area contributed by atoms with Gasteiger partial charge in [0.15, 0.2) is 0 Å². The van der Waals surface area contributed by atoms with Gasteiger partial charge < -0.3 is 19.3 Å². The number of aliphatic hydroxyl groups excluding tert-OH is 1. The largest absolute Gasteiger partial charge is 0.497 e. The summed E-state index contributed by atoms with van der Waals surface area (Å²) in [5.41, 5.74) is 0.694. The summed E-state index contributed by atoms with van der Waals surface area (Å²) in [6.45, 7) is 3.42. The van der Waals surface area contributed by atoms with Crippen molar-refractivity contribution in [1.29, 1.82) is 0 Å². The highest BCUT2D eigenvalue weighted by atomic mass is 16.5. The van der Waals surface area contributed by atoms with Crippen LogP contribution in [-0.4, -0.2) is 38.6 Å². The summed E-state index contributed by atoms with van der Waals surface area (Å²) in [6.07, 6.45) is 0. The highest BCUT2D eigenvalue weighted by molar-refractivity contribution is 5.50. The van der Waals surface area contributed by atoms with Crippen molar-refractivity contribution in [3.05, 3.63) is 23.8 Å². The SMILES string of the molecule is CCOCCOc1ccc(OC)cc1C#CCO. The second kappa shape index (κ2) is 8.40. The Morgan fingerprint density at radius 3 is 2.78 bits per heavy atom. The Balaban J connectivity index is 2.75. The Morgan fingerprint density at radius 1 is 1.28 bits per heavy atom. The molecular weight excluding hydrogens is 232 g/mol. The van der Waals surface area contributed by atoms with E-state index >= 15 is 0 Å². The van der Waals surface area contributed by atoms with Crippen LogP contribution in [0.3, 0.4) is 0 Å². The summed E-state index contributed by atoms with van der Waals surface area (Å²) in [7, 11) is 1.59. The molecule has 0 heterocycles. The molecule has 4 nitrogen and oxygen atoms in total. The van der Waals surface area contributed by atoms with Gasteiger partial charge in [0.2, 0.25) is 0 Å². The van der Waals surface area contributed by atoms with Crippen LogP contribution in [0.15, 0.2) is 18.2 Å². The summed E-state index contributed by atoms with van der Waals surface area (Å²) in [6, 6.07) is 5.38. The molecule has 4 heteroatoms. The van der Waals surface area contributed by atoms with Gasteiger partial charge in [-0.25, -0.2) is 0 Å². The molecule has 1 aromatic carbocycles. The third-order valence-electron chi connectivity index (χ3n) is 2.18. The average molecular weight is 250 g/mol. The van der Waals surface area contributed by atoms with Gasteiger partial charge in [-0.15, -0.1) is 0 Å². The van der Waals surface area contributed by atoms with Crippen molar-refractivity contribution >= 4 is 0 Å². The monoisotopic (exact) mass is 250 g/mol. The minimum Gasteiger partial charge on any atom is -0.497 e. The zero-order chi connectivity index (χ0) is 13.2. The van der Waals surface area contributed by atoms with Gasteiger partial charge in [0.25, 0.3) is 0 Å². The van der Waals surface area contributed by atoms with Crippen molar-refractivity contribution in [2.45, 2.75) is 6.92 Å². The third kappa shape index (κ3) is 4.66. The molecule has 0 amide bonds. The molecule has 18 heavy (non-hydrogen) atoms. The maximum Gasteiger partial charge on any atom is 0.135 e. The first-order chi connectivity index (χ1) is 8.81. The fourth-order valence-electron chi connectivity index (χ4n) is 1.35. The smallest absolute Gasteiger partial charge is 0.135 e. The van der Waals surface area contributed by atoms with E-state index in [1.807, 2.05) is 6.92 Å². The second-order valence-corrected chi connectivity index (χ2v) is 3.37. The van der Waals surface area contributed by atoms with E-state index in [4.69, 9.17) is 19.3 Å². The zero-order valence-electron chi connectivity index (χ0n) is 10.7. The molecule has 0 bridgehead atoms. The lowest BCUT2D eigenvalue weighted by atomic mass is 10.2. The minimum absolute atomic E-state index is 0.185. The molecule has 0 aromatic heterocycles. The van der Waals surface area contributed by atoms with Crippen molar-refractivity contribution < 1.29 is 19.3 Å². The highest BCUT2D eigenvalue weighted by Crippen LogP contribution is 2.23. The van der Waals surface area contributed by atoms with Crippen LogP contribution >= 0.6 is 0 Å². The van der Waals surface area contributed by atoms with Gasteiger partial charge in [0.05, 0.1) is 19.3 Å². The molecule has 1 rings (SSSR count). The number of benzene rings is 1. The third-order valence-corrected chi connectivity index (χ3v) is 2.18. The van der Waals surface area contributed by atoms with E-state index < -0.39 is 0 Å². The Kier molecular flexibility index (Phi) is 6.70. The fourth-order valence-corrected chi connectivity index (χ4v) is 1.35. The Morgan fingerprint density at radius 2 is 2.11 bits per heavy atom. The molecule has 0 saturated carbocycles. The van der Waals surface area contributed by atoms with Crippen LogP contribution in [0, 0.1) is 11.8 Å². The number of hydrogen-bond donors (Lipinski definition) is 1. The summed E-state index contributed by atoms with van der Waals surface area (Å²) < 4.78 is 15.9. The summed E-state index contributed by atoms with van der Waals surface area (Å²) in [4.78, 5) is 0. The predicted octanol–water partition coefficient (Wildman–Crippen LogP) is 1.45. The van der Waals surface area contributed by atoms with Crippen molar-refractivity contribution in [2.75, 3.05) is 33.5 Å². The molecule has 1 N–H and O–H groups in total. The topological polar surface area (TPSA) is 47.9 Å². The lowest BCUT2D eigenvalue weighted by Crippen LogP contribution is -2.07. The molecule has 0 spiro atoms. The molecule has 1 aromatic rings. The highest BCUT2D eigenvalue weighted by Gasteiger charge is 2.03. The number of ether oxygens (including phenoxy) is 3. The van der Waals surface area contributed by atoms with E-state index in [-0.39, 0.29) is 6.61 Å². The van der Waals surface area contributed by atoms with E-state index in [0.29, 0.717) is 36.9 Å². The predicted molar refractivity (Wildman–Crippen MR) is 68.9 cm³/mol. The Bertz CT molecular complexity index is 418. The number of rotatable bonds is 6. The van der Waals surface area contributed by atoms with E-state index in [1.165, 1.54) is 0 Å². The number of methoxy groups -OCH3 is 1. The van der Waals surface area contributed by atoms with Crippen molar-refractivity contribution in [2.24, 2.45) is 0 Å². The first-order valence-electron chi connectivity index (χ1n) is 5.80. The van der Waals surface area contributed by atoms with Crippen LogP contribution in [0.1, 0.15) is 12.5 Å². The summed E-state index contributed by atoms with van der Waals surface area (Å²) >= 11 is 0. The molecule has 0 aliphatic carbocycles. The molecule has 98 valence electrons. The average Bonchev–Trinajstić information content (AvgIpc) is 2.42. The standard InChI is InChI=1S/C14H18O4/c1-3-17-9-10-18-14-7-6-13(16-2)11-12(14)5-4-8-15/h6-7,11,15H,3,8-10H2,1-2H3. The van der Waals surface area contributed by atoms with Crippen LogP contribution in [0.25, 0.3) is 0 Å². The van der Waals surface area contributed by atoms with E-state index in [1.54, 1.807) is 25.3 Å². The van der Waals surface area contributed by atoms with Gasteiger partial charge in [-0.3, -0.25) is 0 Å². The minimum atomic E-state index is -0.185. The van der Waals surface area contributed by atoms with Crippen LogP contribution in [-0.2, 0) is 4.74 Å². The lowest BCUT2D eigenvalue weighted by Gasteiger charge is -2.09. The first kappa shape index (κ1) is 14.4. The molecule has 0 aliphatic heterocycles. The summed E-state index contributed by atoms with van der Waals surface area (Å²) in [5, 5.41) is 8.73. The van der Waals surface area contributed by atoms with Gasteiger partial charge in [0.1, 0.15) is 24.7 Å². The van der Waals surface area contributed by atoms with Crippen molar-refractivity contribution in [3.8, 4) is 23.3 Å². The lowest BCUT2D eigenvalue weighted by molar-refractivity contribution is 0.110. The van der Waals surface area contributed by atoms with Crippen molar-refractivity contribution in [3.63, 3.8) is 0 Å². The van der Waals surface area contributed by atoms with Gasteiger partial charge in [-0.1, -0.05) is 11.8 Å². The van der Waals surface area contributed by atoms with Gasteiger partial charge in [-0.05, 0) is 25.1 Å². The first-order valence-corrected chi connectivity index (χ1v) is 5.80. The molecule has 0 aliphatic rings. The molecule has 0 unspecified atom stereocenters. The zero-order valence-corrected chi connectivity index (χ0v) is 10.7. The summed E-state index contributed by atoms with van der Waals surface area (Å²) in [5.74, 6) is 6.80. The van der Waals surface area contributed by atoms with Crippen LogP contribution < -0.4 is 9.47 Å². The fraction of sp³-hybridized carbons (Fsp3) is 0.429. The molecular formula is C14H18O4. The molecule has 0 atom stereocenters. The second-order valence-electron chi connectivity index (χ2n) is 3.37. The normalized spacial score (nSPS) is 9.50. The maximum absolute atomic E-state index is 8.73. The number of hydrogen-bond acceptors (Lipinski definition) is 4.